The first-order valence-corrected chi connectivity index (χ1v) is 17.6. The van der Waals surface area contributed by atoms with Crippen molar-refractivity contribution in [3.05, 3.63) is 0 Å². The van der Waals surface area contributed by atoms with Gasteiger partial charge in [0.1, 0.15) is 16.5 Å². The Balaban J connectivity index is 3.26. The molecule has 5 nitrogen and oxygen atoms in total. The molecule has 0 aromatic carbocycles. The molecule has 0 radical (unpaired) electrons. The molecule has 1 unspecified atom stereocenters. The smallest absolute Gasteiger partial charge is 0.377 e. The van der Waals surface area contributed by atoms with E-state index in [1.807, 2.05) is 6.92 Å². The highest BCUT2D eigenvalue weighted by Gasteiger charge is 2.56. The summed E-state index contributed by atoms with van der Waals surface area (Å²) < 4.78 is 27.2. The molecule has 0 aromatic rings. The Bertz CT molecular complexity index is 336. The molecule has 0 saturated carbocycles. The number of ether oxygens (including phenoxy) is 1. The van der Waals surface area contributed by atoms with Crippen LogP contribution in [0.1, 0.15) is 20.3 Å². The van der Waals surface area contributed by atoms with Crippen LogP contribution in [0.5, 0.6) is 0 Å². The minimum absolute atomic E-state index is 0.249. The Morgan fingerprint density at radius 2 is 1.39 bits per heavy atom. The molecule has 1 rings (SSSR count). The fraction of sp³-hybridized carbons (Fsp3) is 1.00. The van der Waals surface area contributed by atoms with Gasteiger partial charge in [0.25, 0.3) is 0 Å². The zero-order valence-corrected chi connectivity index (χ0v) is 19.4. The molecule has 1 saturated heterocycles. The first kappa shape index (κ1) is 21.5. The molecule has 0 bridgehead atoms. The largest absolute Gasteiger partial charge is 0.517 e. The van der Waals surface area contributed by atoms with E-state index in [2.05, 4.69) is 50.4 Å². The van der Waals surface area contributed by atoms with Crippen molar-refractivity contribution >= 4 is 25.3 Å². The van der Waals surface area contributed by atoms with Gasteiger partial charge in [-0.2, -0.15) is 0 Å². The summed E-state index contributed by atoms with van der Waals surface area (Å²) >= 11 is 0. The van der Waals surface area contributed by atoms with Crippen molar-refractivity contribution in [1.82, 2.24) is 4.23 Å². The highest BCUT2D eigenvalue weighted by atomic mass is 28.4. The lowest BCUT2D eigenvalue weighted by Gasteiger charge is -2.52. The highest BCUT2D eigenvalue weighted by Crippen LogP contribution is 2.32. The summed E-state index contributed by atoms with van der Waals surface area (Å²) in [7, 11) is -5.84. The van der Waals surface area contributed by atoms with Crippen molar-refractivity contribution in [2.24, 2.45) is 0 Å². The van der Waals surface area contributed by atoms with Crippen LogP contribution in [0.4, 0.5) is 0 Å². The molecule has 8 heteroatoms. The van der Waals surface area contributed by atoms with Gasteiger partial charge < -0.3 is 22.2 Å². The Morgan fingerprint density at radius 1 is 0.913 bits per heavy atom. The van der Waals surface area contributed by atoms with Crippen molar-refractivity contribution in [3.8, 4) is 0 Å². The van der Waals surface area contributed by atoms with E-state index in [1.54, 1.807) is 0 Å². The number of hydrogen-bond acceptors (Lipinski definition) is 5. The summed E-state index contributed by atoms with van der Waals surface area (Å²) in [6.45, 7) is 21.8. The third-order valence-electron chi connectivity index (χ3n) is 3.96. The second kappa shape index (κ2) is 8.70. The van der Waals surface area contributed by atoms with Gasteiger partial charge >= 0.3 is 8.80 Å². The highest BCUT2D eigenvalue weighted by molar-refractivity contribution is 6.91. The van der Waals surface area contributed by atoms with E-state index in [1.165, 1.54) is 0 Å². The quantitative estimate of drug-likeness (QED) is 0.635. The Labute approximate surface area is 146 Å². The average Bonchev–Trinajstić information content (AvgIpc) is 2.36. The zero-order chi connectivity index (χ0) is 17.7. The zero-order valence-electron chi connectivity index (χ0n) is 16.4. The van der Waals surface area contributed by atoms with Gasteiger partial charge in [0.15, 0.2) is 0 Å². The lowest BCUT2D eigenvalue weighted by Crippen LogP contribution is -2.73. The molecule has 0 amide bonds. The fourth-order valence-electron chi connectivity index (χ4n) is 3.73. The summed E-state index contributed by atoms with van der Waals surface area (Å²) in [6.07, 6.45) is 1.00. The van der Waals surface area contributed by atoms with Gasteiger partial charge in [-0.1, -0.05) is 46.2 Å². The van der Waals surface area contributed by atoms with Crippen LogP contribution in [0.25, 0.3) is 0 Å². The SMILES string of the molecule is CCO[Si]1(C(CC)N([Si](C)(C)C)[Si](C)(C)C)OCCOCCO1. The van der Waals surface area contributed by atoms with Crippen LogP contribution in [-0.2, 0) is 18.0 Å². The van der Waals surface area contributed by atoms with Gasteiger partial charge in [0, 0.05) is 6.61 Å². The monoisotopic (exact) mass is 379 g/mol. The minimum Gasteiger partial charge on any atom is -0.377 e. The molecule has 0 aromatic heterocycles. The summed E-state index contributed by atoms with van der Waals surface area (Å²) in [5.74, 6) is 0. The molecule has 1 aliphatic heterocycles. The van der Waals surface area contributed by atoms with Crippen LogP contribution in [0, 0.1) is 0 Å². The van der Waals surface area contributed by atoms with E-state index < -0.39 is 25.3 Å². The van der Waals surface area contributed by atoms with Crippen molar-refractivity contribution < 1.29 is 18.0 Å². The minimum atomic E-state index is -2.76. The van der Waals surface area contributed by atoms with E-state index in [9.17, 15) is 0 Å². The van der Waals surface area contributed by atoms with E-state index in [0.717, 1.165) is 6.42 Å². The maximum absolute atomic E-state index is 6.31. The van der Waals surface area contributed by atoms with E-state index in [-0.39, 0.29) is 5.67 Å². The average molecular weight is 380 g/mol. The molecule has 0 aliphatic carbocycles. The molecular weight excluding hydrogens is 342 g/mol. The van der Waals surface area contributed by atoms with E-state index >= 15 is 0 Å². The molecule has 138 valence electrons. The topological polar surface area (TPSA) is 40.2 Å². The predicted octanol–water partition coefficient (Wildman–Crippen LogP) is 3.31. The maximum Gasteiger partial charge on any atom is 0.517 e. The Hall–Kier alpha value is 0.451. The third kappa shape index (κ3) is 5.74. The van der Waals surface area contributed by atoms with Crippen molar-refractivity contribution in [3.63, 3.8) is 0 Å². The first-order valence-electron chi connectivity index (χ1n) is 8.87. The Kier molecular flexibility index (Phi) is 8.13. The van der Waals surface area contributed by atoms with Crippen LogP contribution >= 0.6 is 0 Å². The molecule has 1 atom stereocenters. The predicted molar refractivity (Wildman–Crippen MR) is 103 cm³/mol. The van der Waals surface area contributed by atoms with Crippen molar-refractivity contribution in [2.45, 2.75) is 65.2 Å². The van der Waals surface area contributed by atoms with Gasteiger partial charge in [-0.25, -0.2) is 0 Å². The van der Waals surface area contributed by atoms with Crippen LogP contribution < -0.4 is 0 Å². The van der Waals surface area contributed by atoms with Gasteiger partial charge in [0.2, 0.25) is 0 Å². The standard InChI is InChI=1S/C15H37NO4Si3/c1-9-15(16(21(3,4)5)22(6,7)8)23(18-10-2)19-13-11-17-12-14-20-23/h15H,9-14H2,1-8H3. The number of hydrogen-bond donors (Lipinski definition) is 0. The summed E-state index contributed by atoms with van der Waals surface area (Å²) in [5, 5.41) is 0. The normalized spacial score (nSPS) is 21.8. The molecule has 1 heterocycles. The van der Waals surface area contributed by atoms with Gasteiger partial charge in [-0.3, -0.25) is 0 Å². The molecule has 0 spiro atoms. The maximum atomic E-state index is 6.31. The van der Waals surface area contributed by atoms with E-state index in [0.29, 0.717) is 33.0 Å². The van der Waals surface area contributed by atoms with Gasteiger partial charge in [-0.15, -0.1) is 0 Å². The molecule has 1 fully saturated rings. The third-order valence-corrected chi connectivity index (χ3v) is 15.4. The summed E-state index contributed by atoms with van der Waals surface area (Å²) in [4.78, 5) is 0. The van der Waals surface area contributed by atoms with Crippen LogP contribution in [0.2, 0.25) is 39.3 Å². The molecule has 0 N–H and O–H groups in total. The van der Waals surface area contributed by atoms with Crippen LogP contribution in [0.3, 0.4) is 0 Å². The Morgan fingerprint density at radius 3 is 1.74 bits per heavy atom. The second-order valence-corrected chi connectivity index (χ2v) is 20.8. The van der Waals surface area contributed by atoms with Crippen molar-refractivity contribution in [1.29, 1.82) is 0 Å². The van der Waals surface area contributed by atoms with Gasteiger partial charge in [-0.05, 0) is 13.3 Å². The summed E-state index contributed by atoms with van der Waals surface area (Å²) in [6, 6.07) is 0. The molecule has 23 heavy (non-hydrogen) atoms. The number of nitrogens with zero attached hydrogens (tertiary/aromatic N) is 1. The van der Waals surface area contributed by atoms with Crippen LogP contribution in [-0.4, -0.2) is 68.2 Å². The fourth-order valence-corrected chi connectivity index (χ4v) is 20.1. The first-order chi connectivity index (χ1) is 10.6. The molecule has 1 aliphatic rings. The lowest BCUT2D eigenvalue weighted by molar-refractivity contribution is -0.0242. The summed E-state index contributed by atoms with van der Waals surface area (Å²) in [5.41, 5.74) is 0.249. The van der Waals surface area contributed by atoms with Gasteiger partial charge in [0.05, 0.1) is 32.1 Å². The molecular formula is C15H37NO4Si3. The van der Waals surface area contributed by atoms with Crippen molar-refractivity contribution in [2.75, 3.05) is 33.0 Å². The second-order valence-electron chi connectivity index (χ2n) is 7.98. The van der Waals surface area contributed by atoms with Crippen LogP contribution in [0.15, 0.2) is 0 Å². The number of rotatable bonds is 7. The van der Waals surface area contributed by atoms with E-state index in [4.69, 9.17) is 18.0 Å². The lowest BCUT2D eigenvalue weighted by atomic mass is 10.5.